The number of benzene rings is 1. The van der Waals surface area contributed by atoms with E-state index in [4.69, 9.17) is 9.47 Å². The number of carbonyl (C=O) groups is 1. The predicted molar refractivity (Wildman–Crippen MR) is 97.4 cm³/mol. The van der Waals surface area contributed by atoms with E-state index in [1.807, 2.05) is 51.1 Å². The van der Waals surface area contributed by atoms with E-state index in [-0.39, 0.29) is 18.8 Å². The summed E-state index contributed by atoms with van der Waals surface area (Å²) in [4.78, 5) is 28.5. The number of ether oxygens (including phenoxy) is 2. The van der Waals surface area contributed by atoms with Crippen molar-refractivity contribution in [2.75, 3.05) is 6.61 Å². The molecule has 0 aliphatic heterocycles. The van der Waals surface area contributed by atoms with E-state index in [0.29, 0.717) is 17.1 Å². The number of fused-ring (bicyclic) bond motifs is 1. The van der Waals surface area contributed by atoms with Crippen molar-refractivity contribution >= 4 is 11.6 Å². The molecule has 0 saturated carbocycles. The van der Waals surface area contributed by atoms with Gasteiger partial charge in [0, 0.05) is 11.8 Å². The molecule has 0 spiro atoms. The van der Waals surface area contributed by atoms with Crippen LogP contribution in [0.25, 0.3) is 5.65 Å². The SMILES string of the molecule is Cc1ccc(C)c(OCC(=O)OCc2cc(=O)n3c(C)cccc3n2)c1. The smallest absolute Gasteiger partial charge is 0.344 e. The van der Waals surface area contributed by atoms with Crippen molar-refractivity contribution in [3.05, 3.63) is 75.3 Å². The van der Waals surface area contributed by atoms with E-state index < -0.39 is 5.97 Å². The Labute approximate surface area is 151 Å². The summed E-state index contributed by atoms with van der Waals surface area (Å²) in [5.74, 6) is 0.136. The maximum absolute atomic E-state index is 12.2. The summed E-state index contributed by atoms with van der Waals surface area (Å²) in [5.41, 5.74) is 3.52. The van der Waals surface area contributed by atoms with Gasteiger partial charge in [0.25, 0.3) is 5.56 Å². The van der Waals surface area contributed by atoms with Gasteiger partial charge < -0.3 is 9.47 Å². The van der Waals surface area contributed by atoms with Crippen molar-refractivity contribution in [3.8, 4) is 5.75 Å². The highest BCUT2D eigenvalue weighted by molar-refractivity contribution is 5.71. The van der Waals surface area contributed by atoms with Crippen molar-refractivity contribution in [2.45, 2.75) is 27.4 Å². The Morgan fingerprint density at radius 3 is 2.73 bits per heavy atom. The minimum atomic E-state index is -0.517. The lowest BCUT2D eigenvalue weighted by molar-refractivity contribution is -0.147. The summed E-state index contributed by atoms with van der Waals surface area (Å²) in [5, 5.41) is 0. The summed E-state index contributed by atoms with van der Waals surface area (Å²) in [6.45, 7) is 5.43. The molecule has 0 aliphatic carbocycles. The molecule has 6 nitrogen and oxygen atoms in total. The van der Waals surface area contributed by atoms with Gasteiger partial charge in [0.15, 0.2) is 6.61 Å². The van der Waals surface area contributed by atoms with Gasteiger partial charge in [-0.2, -0.15) is 0 Å². The summed E-state index contributed by atoms with van der Waals surface area (Å²) in [6, 6.07) is 12.6. The number of carbonyl (C=O) groups excluding carboxylic acids is 1. The van der Waals surface area contributed by atoms with E-state index in [9.17, 15) is 9.59 Å². The van der Waals surface area contributed by atoms with Crippen LogP contribution < -0.4 is 10.3 Å². The van der Waals surface area contributed by atoms with Crippen molar-refractivity contribution in [3.63, 3.8) is 0 Å². The summed E-state index contributed by atoms with van der Waals surface area (Å²) >= 11 is 0. The number of rotatable bonds is 5. The van der Waals surface area contributed by atoms with Crippen LogP contribution in [0.4, 0.5) is 0 Å². The maximum Gasteiger partial charge on any atom is 0.344 e. The highest BCUT2D eigenvalue weighted by atomic mass is 16.6. The van der Waals surface area contributed by atoms with Crippen LogP contribution >= 0.6 is 0 Å². The number of aryl methyl sites for hydroxylation is 3. The van der Waals surface area contributed by atoms with Crippen molar-refractivity contribution in [1.29, 1.82) is 0 Å². The van der Waals surface area contributed by atoms with E-state index in [0.717, 1.165) is 16.8 Å². The molecule has 0 fully saturated rings. The van der Waals surface area contributed by atoms with Crippen molar-refractivity contribution in [1.82, 2.24) is 9.38 Å². The largest absolute Gasteiger partial charge is 0.482 e. The second-order valence-electron chi connectivity index (χ2n) is 6.16. The molecule has 0 radical (unpaired) electrons. The van der Waals surface area contributed by atoms with E-state index in [2.05, 4.69) is 4.98 Å². The highest BCUT2D eigenvalue weighted by Crippen LogP contribution is 2.19. The average molecular weight is 352 g/mol. The molecule has 0 aliphatic rings. The fraction of sp³-hybridized carbons (Fsp3) is 0.250. The summed E-state index contributed by atoms with van der Waals surface area (Å²) in [7, 11) is 0. The number of hydrogen-bond acceptors (Lipinski definition) is 5. The maximum atomic E-state index is 12.2. The van der Waals surface area contributed by atoms with Gasteiger partial charge in [-0.3, -0.25) is 9.20 Å². The van der Waals surface area contributed by atoms with Gasteiger partial charge in [-0.15, -0.1) is 0 Å². The Balaban J connectivity index is 1.64. The topological polar surface area (TPSA) is 69.9 Å². The molecule has 1 aromatic carbocycles. The third-order valence-electron chi connectivity index (χ3n) is 4.00. The highest BCUT2D eigenvalue weighted by Gasteiger charge is 2.09. The van der Waals surface area contributed by atoms with Crippen LogP contribution in [0.2, 0.25) is 0 Å². The molecule has 0 amide bonds. The molecule has 3 rings (SSSR count). The zero-order valence-electron chi connectivity index (χ0n) is 15.0. The van der Waals surface area contributed by atoms with Crippen molar-refractivity contribution in [2.24, 2.45) is 0 Å². The van der Waals surface area contributed by atoms with Crippen molar-refractivity contribution < 1.29 is 14.3 Å². The molecule has 3 aromatic rings. The first-order valence-electron chi connectivity index (χ1n) is 8.28. The zero-order chi connectivity index (χ0) is 18.7. The van der Waals surface area contributed by atoms with Gasteiger partial charge in [0.1, 0.15) is 18.0 Å². The predicted octanol–water partition coefficient (Wildman–Crippen LogP) is 2.74. The Kier molecular flexibility index (Phi) is 5.02. The second-order valence-corrected chi connectivity index (χ2v) is 6.16. The van der Waals surface area contributed by atoms with Crippen LogP contribution in [0.15, 0.2) is 47.3 Å². The average Bonchev–Trinajstić information content (AvgIpc) is 2.60. The molecule has 134 valence electrons. The van der Waals surface area contributed by atoms with Crippen LogP contribution in [-0.2, 0) is 16.1 Å². The molecule has 2 heterocycles. The van der Waals surface area contributed by atoms with Crippen LogP contribution in [0.5, 0.6) is 5.75 Å². The molecule has 6 heteroatoms. The molecule has 26 heavy (non-hydrogen) atoms. The van der Waals surface area contributed by atoms with Gasteiger partial charge in [0.05, 0.1) is 5.69 Å². The molecule has 0 atom stereocenters. The number of pyridine rings is 1. The minimum absolute atomic E-state index is 0.0747. The lowest BCUT2D eigenvalue weighted by Gasteiger charge is -2.10. The number of hydrogen-bond donors (Lipinski definition) is 0. The Hall–Kier alpha value is -3.15. The molecule has 2 aromatic heterocycles. The first kappa shape index (κ1) is 17.7. The minimum Gasteiger partial charge on any atom is -0.482 e. The standard InChI is InChI=1S/C20H20N2O4/c1-13-7-8-14(2)17(9-13)25-12-20(24)26-11-16-10-19(23)22-15(3)5-4-6-18(22)21-16/h4-10H,11-12H2,1-3H3. The number of aromatic nitrogens is 2. The quantitative estimate of drug-likeness (QED) is 0.661. The number of nitrogens with zero attached hydrogens (tertiary/aromatic N) is 2. The Morgan fingerprint density at radius 2 is 1.92 bits per heavy atom. The van der Waals surface area contributed by atoms with Gasteiger partial charge in [0.2, 0.25) is 0 Å². The molecule has 0 unspecified atom stereocenters. The van der Waals surface area contributed by atoms with Crippen LogP contribution in [0.1, 0.15) is 22.5 Å². The van der Waals surface area contributed by atoms with Gasteiger partial charge in [-0.05, 0) is 50.1 Å². The molecule has 0 bridgehead atoms. The van der Waals surface area contributed by atoms with Crippen LogP contribution in [0, 0.1) is 20.8 Å². The first-order chi connectivity index (χ1) is 12.4. The fourth-order valence-electron chi connectivity index (χ4n) is 2.63. The third kappa shape index (κ3) is 3.91. The van der Waals surface area contributed by atoms with Gasteiger partial charge >= 0.3 is 5.97 Å². The number of esters is 1. The molecule has 0 N–H and O–H groups in total. The fourth-order valence-corrected chi connectivity index (χ4v) is 2.63. The molecular formula is C20H20N2O4. The normalized spacial score (nSPS) is 10.7. The Bertz CT molecular complexity index is 1020. The lowest BCUT2D eigenvalue weighted by atomic mass is 10.1. The van der Waals surface area contributed by atoms with E-state index >= 15 is 0 Å². The zero-order valence-corrected chi connectivity index (χ0v) is 15.0. The Morgan fingerprint density at radius 1 is 1.12 bits per heavy atom. The van der Waals surface area contributed by atoms with Gasteiger partial charge in [-0.25, -0.2) is 9.78 Å². The summed E-state index contributed by atoms with van der Waals surface area (Å²) in [6.07, 6.45) is 0. The first-order valence-corrected chi connectivity index (χ1v) is 8.28. The van der Waals surface area contributed by atoms with E-state index in [1.54, 1.807) is 6.07 Å². The monoisotopic (exact) mass is 352 g/mol. The third-order valence-corrected chi connectivity index (χ3v) is 4.00. The van der Waals surface area contributed by atoms with Crippen LogP contribution in [0.3, 0.4) is 0 Å². The summed E-state index contributed by atoms with van der Waals surface area (Å²) < 4.78 is 12.2. The molecular weight excluding hydrogens is 332 g/mol. The van der Waals surface area contributed by atoms with Crippen LogP contribution in [-0.4, -0.2) is 22.0 Å². The molecule has 0 saturated heterocycles. The lowest BCUT2D eigenvalue weighted by Crippen LogP contribution is -2.19. The van der Waals surface area contributed by atoms with E-state index in [1.165, 1.54) is 10.5 Å². The van der Waals surface area contributed by atoms with Gasteiger partial charge in [-0.1, -0.05) is 18.2 Å². The second kappa shape index (κ2) is 7.39.